The van der Waals surface area contributed by atoms with E-state index in [1.54, 1.807) is 31.4 Å². The van der Waals surface area contributed by atoms with Gasteiger partial charge in [0.1, 0.15) is 17.3 Å². The number of hydrogen-bond donors (Lipinski definition) is 0. The van der Waals surface area contributed by atoms with Crippen LogP contribution in [0.3, 0.4) is 0 Å². The van der Waals surface area contributed by atoms with E-state index in [9.17, 15) is 4.79 Å². The van der Waals surface area contributed by atoms with Gasteiger partial charge in [-0.15, -0.1) is 0 Å². The first kappa shape index (κ1) is 9.77. The third-order valence-corrected chi connectivity index (χ3v) is 2.26. The average molecular weight is 204 g/mol. The molecule has 2 heterocycles. The van der Waals surface area contributed by atoms with Gasteiger partial charge in [0.05, 0.1) is 18.2 Å². The van der Waals surface area contributed by atoms with Gasteiger partial charge >= 0.3 is 0 Å². The number of rotatable bonds is 3. The fraction of sp³-hybridized carbons (Fsp3) is 0.250. The fourth-order valence-corrected chi connectivity index (χ4v) is 1.57. The summed E-state index contributed by atoms with van der Waals surface area (Å²) in [5.41, 5.74) is 0.643. The Labute approximate surface area is 87.7 Å². The van der Waals surface area contributed by atoms with Crippen molar-refractivity contribution in [3.8, 4) is 0 Å². The predicted octanol–water partition coefficient (Wildman–Crippen LogP) is 2.91. The number of carbonyl (C=O) groups excluding carboxylic acids is 1. The highest BCUT2D eigenvalue weighted by molar-refractivity contribution is 5.98. The van der Waals surface area contributed by atoms with E-state index in [4.69, 9.17) is 8.83 Å². The maximum Gasteiger partial charge on any atom is 0.173 e. The molecule has 15 heavy (non-hydrogen) atoms. The van der Waals surface area contributed by atoms with Gasteiger partial charge in [-0.05, 0) is 32.0 Å². The zero-order valence-electron chi connectivity index (χ0n) is 8.74. The van der Waals surface area contributed by atoms with E-state index in [1.807, 2.05) is 6.92 Å². The molecule has 0 fully saturated rings. The molecule has 0 N–H and O–H groups in total. The molecule has 0 aliphatic carbocycles. The number of furan rings is 2. The molecule has 0 saturated heterocycles. The molecule has 0 aliphatic rings. The molecule has 0 aromatic carbocycles. The van der Waals surface area contributed by atoms with Crippen LogP contribution >= 0.6 is 0 Å². The van der Waals surface area contributed by atoms with Crippen molar-refractivity contribution in [2.45, 2.75) is 20.3 Å². The normalized spacial score (nSPS) is 10.5. The van der Waals surface area contributed by atoms with Crippen LogP contribution in [0.5, 0.6) is 0 Å². The van der Waals surface area contributed by atoms with Crippen LogP contribution in [-0.4, -0.2) is 5.78 Å². The topological polar surface area (TPSA) is 43.4 Å². The molecule has 3 heteroatoms. The lowest BCUT2D eigenvalue weighted by molar-refractivity contribution is 0.0985. The summed E-state index contributed by atoms with van der Waals surface area (Å²) in [6.45, 7) is 3.62. The second-order valence-electron chi connectivity index (χ2n) is 3.51. The minimum atomic E-state index is 0.0271. The summed E-state index contributed by atoms with van der Waals surface area (Å²) in [7, 11) is 0. The molecule has 2 rings (SSSR count). The summed E-state index contributed by atoms with van der Waals surface area (Å²) in [4.78, 5) is 11.8. The Morgan fingerprint density at radius 1 is 1.40 bits per heavy atom. The summed E-state index contributed by atoms with van der Waals surface area (Å²) >= 11 is 0. The second kappa shape index (κ2) is 3.77. The van der Waals surface area contributed by atoms with E-state index in [-0.39, 0.29) is 12.2 Å². The first-order valence-electron chi connectivity index (χ1n) is 4.79. The predicted molar refractivity (Wildman–Crippen MR) is 54.9 cm³/mol. The van der Waals surface area contributed by atoms with Crippen LogP contribution in [-0.2, 0) is 6.42 Å². The molecule has 0 radical (unpaired) electrons. The van der Waals surface area contributed by atoms with Crippen LogP contribution in [0.1, 0.15) is 27.6 Å². The van der Waals surface area contributed by atoms with Gasteiger partial charge in [-0.2, -0.15) is 0 Å². The van der Waals surface area contributed by atoms with Gasteiger partial charge < -0.3 is 8.83 Å². The van der Waals surface area contributed by atoms with Crippen molar-refractivity contribution in [3.63, 3.8) is 0 Å². The van der Waals surface area contributed by atoms with E-state index >= 15 is 0 Å². The van der Waals surface area contributed by atoms with Crippen LogP contribution < -0.4 is 0 Å². The first-order chi connectivity index (χ1) is 7.16. The van der Waals surface area contributed by atoms with Gasteiger partial charge in [-0.25, -0.2) is 0 Å². The maximum atomic E-state index is 11.8. The first-order valence-corrected chi connectivity index (χ1v) is 4.79. The van der Waals surface area contributed by atoms with E-state index in [1.165, 1.54) is 0 Å². The van der Waals surface area contributed by atoms with Crippen molar-refractivity contribution in [1.29, 1.82) is 0 Å². The Balaban J connectivity index is 2.18. The highest BCUT2D eigenvalue weighted by Crippen LogP contribution is 2.16. The summed E-state index contributed by atoms with van der Waals surface area (Å²) in [6, 6.07) is 5.33. The Bertz CT molecular complexity index is 463. The lowest BCUT2D eigenvalue weighted by atomic mass is 10.1. The molecule has 0 saturated carbocycles. The molecule has 0 amide bonds. The lowest BCUT2D eigenvalue weighted by Crippen LogP contribution is -2.02. The Kier molecular flexibility index (Phi) is 2.46. The van der Waals surface area contributed by atoms with Crippen molar-refractivity contribution in [3.05, 3.63) is 47.3 Å². The molecule has 0 aliphatic heterocycles. The Hall–Kier alpha value is -1.77. The molecule has 0 bridgehead atoms. The van der Waals surface area contributed by atoms with Crippen LogP contribution in [0, 0.1) is 13.8 Å². The number of ketones is 1. The van der Waals surface area contributed by atoms with E-state index < -0.39 is 0 Å². The van der Waals surface area contributed by atoms with Gasteiger partial charge in [-0.1, -0.05) is 0 Å². The average Bonchev–Trinajstić information content (AvgIpc) is 2.75. The zero-order chi connectivity index (χ0) is 10.8. The molecule has 2 aromatic heterocycles. The lowest BCUT2D eigenvalue weighted by Gasteiger charge is -1.95. The van der Waals surface area contributed by atoms with Crippen molar-refractivity contribution < 1.29 is 13.6 Å². The van der Waals surface area contributed by atoms with Crippen LogP contribution in [0.25, 0.3) is 0 Å². The van der Waals surface area contributed by atoms with E-state index in [2.05, 4.69) is 0 Å². The smallest absolute Gasteiger partial charge is 0.173 e. The van der Waals surface area contributed by atoms with E-state index in [0.717, 1.165) is 5.76 Å². The molecule has 78 valence electrons. The summed E-state index contributed by atoms with van der Waals surface area (Å²) in [6.07, 6.45) is 1.85. The molecule has 0 unspecified atom stereocenters. The molecule has 3 nitrogen and oxygen atoms in total. The van der Waals surface area contributed by atoms with Crippen LogP contribution in [0.4, 0.5) is 0 Å². The third kappa shape index (κ3) is 2.01. The standard InChI is InChI=1S/C12H12O3/c1-8-6-11(9(2)15-8)12(13)7-10-4-3-5-14-10/h3-6H,7H2,1-2H3. The fourth-order valence-electron chi connectivity index (χ4n) is 1.57. The highest BCUT2D eigenvalue weighted by atomic mass is 16.3. The number of hydrogen-bond acceptors (Lipinski definition) is 3. The van der Waals surface area contributed by atoms with Gasteiger partial charge in [0.2, 0.25) is 0 Å². The summed E-state index contributed by atoms with van der Waals surface area (Å²) in [5.74, 6) is 2.14. The minimum Gasteiger partial charge on any atom is -0.469 e. The molecule has 2 aromatic rings. The van der Waals surface area contributed by atoms with Crippen molar-refractivity contribution in [2.75, 3.05) is 0 Å². The van der Waals surface area contributed by atoms with Crippen molar-refractivity contribution >= 4 is 5.78 Å². The third-order valence-electron chi connectivity index (χ3n) is 2.26. The monoisotopic (exact) mass is 204 g/mol. The molecular formula is C12H12O3. The largest absolute Gasteiger partial charge is 0.469 e. The zero-order valence-corrected chi connectivity index (χ0v) is 8.74. The van der Waals surface area contributed by atoms with Crippen molar-refractivity contribution in [1.82, 2.24) is 0 Å². The number of carbonyl (C=O) groups is 1. The Morgan fingerprint density at radius 3 is 2.73 bits per heavy atom. The summed E-state index contributed by atoms with van der Waals surface area (Å²) in [5, 5.41) is 0. The maximum absolute atomic E-state index is 11.8. The van der Waals surface area contributed by atoms with Crippen LogP contribution in [0.15, 0.2) is 33.3 Å². The molecular weight excluding hydrogens is 192 g/mol. The van der Waals surface area contributed by atoms with Gasteiger partial charge in [0, 0.05) is 0 Å². The molecule has 0 atom stereocenters. The number of aryl methyl sites for hydroxylation is 2. The number of Topliss-reactive ketones (excluding diaryl/α,β-unsaturated/α-hetero) is 1. The quantitative estimate of drug-likeness (QED) is 0.722. The van der Waals surface area contributed by atoms with Crippen molar-refractivity contribution in [2.24, 2.45) is 0 Å². The summed E-state index contributed by atoms with van der Waals surface area (Å²) < 4.78 is 10.4. The Morgan fingerprint density at radius 2 is 2.20 bits per heavy atom. The van der Waals surface area contributed by atoms with Crippen LogP contribution in [0.2, 0.25) is 0 Å². The molecule has 0 spiro atoms. The highest BCUT2D eigenvalue weighted by Gasteiger charge is 2.14. The van der Waals surface area contributed by atoms with Gasteiger partial charge in [-0.3, -0.25) is 4.79 Å². The second-order valence-corrected chi connectivity index (χ2v) is 3.51. The van der Waals surface area contributed by atoms with Gasteiger partial charge in [0.15, 0.2) is 5.78 Å². The minimum absolute atomic E-state index is 0.0271. The van der Waals surface area contributed by atoms with Gasteiger partial charge in [0.25, 0.3) is 0 Å². The van der Waals surface area contributed by atoms with E-state index in [0.29, 0.717) is 17.1 Å². The SMILES string of the molecule is Cc1cc(C(=O)Cc2ccco2)c(C)o1.